The quantitative estimate of drug-likeness (QED) is 0.915. The summed E-state index contributed by atoms with van der Waals surface area (Å²) in [4.78, 5) is 14.6. The van der Waals surface area contributed by atoms with Crippen molar-refractivity contribution >= 4 is 5.91 Å². The molecule has 0 radical (unpaired) electrons. The number of nitrogens with one attached hydrogen (secondary N) is 1. The van der Waals surface area contributed by atoms with Crippen molar-refractivity contribution in [2.24, 2.45) is 5.92 Å². The minimum atomic E-state index is -0.0626. The summed E-state index contributed by atoms with van der Waals surface area (Å²) in [5.41, 5.74) is 1.27. The van der Waals surface area contributed by atoms with Gasteiger partial charge >= 0.3 is 0 Å². The molecule has 1 atom stereocenters. The minimum absolute atomic E-state index is 0.0626. The van der Waals surface area contributed by atoms with Gasteiger partial charge in [0.1, 0.15) is 0 Å². The molecule has 3 rings (SSSR count). The second kappa shape index (κ2) is 5.21. The summed E-state index contributed by atoms with van der Waals surface area (Å²) in [6.07, 6.45) is 3.16. The van der Waals surface area contributed by atoms with Crippen LogP contribution in [-0.4, -0.2) is 35.5 Å². The molecule has 3 heteroatoms. The highest BCUT2D eigenvalue weighted by atomic mass is 16.2. The van der Waals surface area contributed by atoms with Crippen molar-refractivity contribution in [3.05, 3.63) is 35.9 Å². The average Bonchev–Trinajstić information content (AvgIpc) is 3.26. The molecule has 2 fully saturated rings. The van der Waals surface area contributed by atoms with Crippen LogP contribution < -0.4 is 5.32 Å². The first-order valence-electron chi connectivity index (χ1n) is 7.65. The lowest BCUT2D eigenvalue weighted by molar-refractivity contribution is -0.140. The molecule has 1 aromatic rings. The highest BCUT2D eigenvalue weighted by Gasteiger charge is 2.42. The van der Waals surface area contributed by atoms with Crippen molar-refractivity contribution in [2.45, 2.75) is 44.7 Å². The molecule has 1 aliphatic heterocycles. The van der Waals surface area contributed by atoms with E-state index in [-0.39, 0.29) is 5.54 Å². The van der Waals surface area contributed by atoms with Crippen molar-refractivity contribution in [1.29, 1.82) is 0 Å². The number of rotatable bonds is 3. The molecule has 1 aromatic carbocycles. The lowest BCUT2D eigenvalue weighted by Gasteiger charge is -2.46. The Morgan fingerprint density at radius 2 is 2.00 bits per heavy atom. The van der Waals surface area contributed by atoms with E-state index in [1.165, 1.54) is 5.56 Å². The third-order valence-electron chi connectivity index (χ3n) is 4.47. The first-order chi connectivity index (χ1) is 9.56. The SMILES string of the molecule is CC1(C)CNC(Cc2ccccc2)CN1C(=O)C1CC1. The Hall–Kier alpha value is -1.35. The molecule has 1 saturated heterocycles. The zero-order chi connectivity index (χ0) is 14.2. The summed E-state index contributed by atoms with van der Waals surface area (Å²) in [6.45, 7) is 6.04. The molecule has 1 heterocycles. The zero-order valence-electron chi connectivity index (χ0n) is 12.4. The van der Waals surface area contributed by atoms with Crippen LogP contribution in [0.5, 0.6) is 0 Å². The highest BCUT2D eigenvalue weighted by Crippen LogP contribution is 2.34. The maximum atomic E-state index is 12.5. The molecule has 0 aromatic heterocycles. The summed E-state index contributed by atoms with van der Waals surface area (Å²) in [5.74, 6) is 0.680. The zero-order valence-corrected chi connectivity index (χ0v) is 12.4. The Labute approximate surface area is 121 Å². The maximum absolute atomic E-state index is 12.5. The van der Waals surface area contributed by atoms with Crippen LogP contribution in [0.1, 0.15) is 32.3 Å². The van der Waals surface area contributed by atoms with E-state index in [4.69, 9.17) is 0 Å². The molecule has 1 N–H and O–H groups in total. The van der Waals surface area contributed by atoms with Gasteiger partial charge in [0.05, 0.1) is 0 Å². The molecule has 20 heavy (non-hydrogen) atoms. The molecular formula is C17H24N2O. The molecule has 3 nitrogen and oxygen atoms in total. The van der Waals surface area contributed by atoms with E-state index in [0.717, 1.165) is 32.4 Å². The largest absolute Gasteiger partial charge is 0.334 e. The van der Waals surface area contributed by atoms with Crippen LogP contribution in [0.15, 0.2) is 30.3 Å². The third-order valence-corrected chi connectivity index (χ3v) is 4.47. The lowest BCUT2D eigenvalue weighted by Crippen LogP contribution is -2.64. The van der Waals surface area contributed by atoms with Crippen LogP contribution in [-0.2, 0) is 11.2 Å². The van der Waals surface area contributed by atoms with Gasteiger partial charge in [0.2, 0.25) is 5.91 Å². The Balaban J connectivity index is 1.68. The smallest absolute Gasteiger partial charge is 0.226 e. The summed E-state index contributed by atoms with van der Waals surface area (Å²) in [7, 11) is 0. The summed E-state index contributed by atoms with van der Waals surface area (Å²) in [5, 5.41) is 3.61. The van der Waals surface area contributed by atoms with Crippen molar-refractivity contribution in [1.82, 2.24) is 10.2 Å². The Morgan fingerprint density at radius 3 is 2.65 bits per heavy atom. The number of carbonyl (C=O) groups excluding carboxylic acids is 1. The second-order valence-electron chi connectivity index (χ2n) is 6.80. The standard InChI is InChI=1S/C17H24N2O/c1-17(2)12-18-15(10-13-6-4-3-5-7-13)11-19(17)16(20)14-8-9-14/h3-7,14-15,18H,8-12H2,1-2H3. The number of nitrogens with zero attached hydrogens (tertiary/aromatic N) is 1. The summed E-state index contributed by atoms with van der Waals surface area (Å²) >= 11 is 0. The van der Waals surface area contributed by atoms with Gasteiger partial charge in [0.15, 0.2) is 0 Å². The Kier molecular flexibility index (Phi) is 3.55. The number of carbonyl (C=O) groups is 1. The average molecular weight is 272 g/mol. The van der Waals surface area contributed by atoms with E-state index in [1.807, 2.05) is 6.07 Å². The summed E-state index contributed by atoms with van der Waals surface area (Å²) < 4.78 is 0. The van der Waals surface area contributed by atoms with E-state index in [9.17, 15) is 4.79 Å². The van der Waals surface area contributed by atoms with Crippen LogP contribution in [0.2, 0.25) is 0 Å². The third kappa shape index (κ3) is 2.88. The van der Waals surface area contributed by atoms with Gasteiger partial charge in [0, 0.05) is 30.6 Å². The van der Waals surface area contributed by atoms with Gasteiger partial charge in [-0.3, -0.25) is 4.79 Å². The number of amides is 1. The number of benzene rings is 1. The molecule has 1 aliphatic carbocycles. The van der Waals surface area contributed by atoms with Crippen LogP contribution >= 0.6 is 0 Å². The fraction of sp³-hybridized carbons (Fsp3) is 0.588. The van der Waals surface area contributed by atoms with Gasteiger partial charge in [0.25, 0.3) is 0 Å². The van der Waals surface area contributed by atoms with Crippen LogP contribution in [0, 0.1) is 5.92 Å². The lowest BCUT2D eigenvalue weighted by atomic mass is 9.94. The molecule has 1 saturated carbocycles. The fourth-order valence-electron chi connectivity index (χ4n) is 3.00. The first kappa shape index (κ1) is 13.6. The van der Waals surface area contributed by atoms with Crippen molar-refractivity contribution < 1.29 is 4.79 Å². The van der Waals surface area contributed by atoms with Gasteiger partial charge in [-0.15, -0.1) is 0 Å². The van der Waals surface area contributed by atoms with E-state index >= 15 is 0 Å². The van der Waals surface area contributed by atoms with Crippen molar-refractivity contribution in [2.75, 3.05) is 13.1 Å². The molecule has 2 aliphatic rings. The molecular weight excluding hydrogens is 248 g/mol. The van der Waals surface area contributed by atoms with E-state index in [1.54, 1.807) is 0 Å². The monoisotopic (exact) mass is 272 g/mol. The van der Waals surface area contributed by atoms with Crippen LogP contribution in [0.3, 0.4) is 0 Å². The van der Waals surface area contributed by atoms with Gasteiger partial charge in [-0.05, 0) is 38.7 Å². The molecule has 0 bridgehead atoms. The topological polar surface area (TPSA) is 32.3 Å². The maximum Gasteiger partial charge on any atom is 0.226 e. The van der Waals surface area contributed by atoms with E-state index in [2.05, 4.69) is 48.3 Å². The van der Waals surface area contributed by atoms with Gasteiger partial charge in [-0.2, -0.15) is 0 Å². The summed E-state index contributed by atoms with van der Waals surface area (Å²) in [6, 6.07) is 10.9. The van der Waals surface area contributed by atoms with Gasteiger partial charge < -0.3 is 10.2 Å². The van der Waals surface area contributed by atoms with E-state index < -0.39 is 0 Å². The second-order valence-corrected chi connectivity index (χ2v) is 6.80. The molecule has 1 amide bonds. The van der Waals surface area contributed by atoms with E-state index in [0.29, 0.717) is 17.9 Å². The predicted molar refractivity (Wildman–Crippen MR) is 80.5 cm³/mol. The minimum Gasteiger partial charge on any atom is -0.334 e. The van der Waals surface area contributed by atoms with Gasteiger partial charge in [-0.25, -0.2) is 0 Å². The number of piperazine rings is 1. The van der Waals surface area contributed by atoms with Crippen molar-refractivity contribution in [3.8, 4) is 0 Å². The molecule has 108 valence electrons. The normalized spacial score (nSPS) is 25.5. The molecule has 0 spiro atoms. The Bertz CT molecular complexity index is 479. The predicted octanol–water partition coefficient (Wildman–Crippen LogP) is 2.22. The first-order valence-corrected chi connectivity index (χ1v) is 7.65. The molecule has 1 unspecified atom stereocenters. The van der Waals surface area contributed by atoms with Crippen LogP contribution in [0.4, 0.5) is 0 Å². The van der Waals surface area contributed by atoms with Gasteiger partial charge in [-0.1, -0.05) is 30.3 Å². The Morgan fingerprint density at radius 1 is 1.30 bits per heavy atom. The highest BCUT2D eigenvalue weighted by molar-refractivity contribution is 5.82. The van der Waals surface area contributed by atoms with Crippen molar-refractivity contribution in [3.63, 3.8) is 0 Å². The fourth-order valence-corrected chi connectivity index (χ4v) is 3.00. The number of hydrogen-bond donors (Lipinski definition) is 1. The van der Waals surface area contributed by atoms with Crippen LogP contribution in [0.25, 0.3) is 0 Å². The number of hydrogen-bond acceptors (Lipinski definition) is 2.